The summed E-state index contributed by atoms with van der Waals surface area (Å²) in [5.41, 5.74) is 3.96. The van der Waals surface area contributed by atoms with Gasteiger partial charge in [0.05, 0.1) is 19.1 Å². The summed E-state index contributed by atoms with van der Waals surface area (Å²) in [7, 11) is 1.67. The Morgan fingerprint density at radius 3 is 2.69 bits per heavy atom. The zero-order valence-electron chi connectivity index (χ0n) is 19.7. The highest BCUT2D eigenvalue weighted by Crippen LogP contribution is 2.38. The van der Waals surface area contributed by atoms with Crippen LogP contribution in [0.5, 0.6) is 5.75 Å². The predicted molar refractivity (Wildman–Crippen MR) is 136 cm³/mol. The van der Waals surface area contributed by atoms with Crippen molar-refractivity contribution in [3.05, 3.63) is 94.3 Å². The van der Waals surface area contributed by atoms with Gasteiger partial charge in [-0.25, -0.2) is 4.39 Å². The molecule has 0 radical (unpaired) electrons. The maximum absolute atomic E-state index is 14.1. The molecule has 35 heavy (non-hydrogen) atoms. The number of hydrogen-bond acceptors (Lipinski definition) is 4. The Bertz CT molecular complexity index is 1200. The van der Waals surface area contributed by atoms with E-state index in [2.05, 4.69) is 27.2 Å². The molecule has 3 aromatic carbocycles. The summed E-state index contributed by atoms with van der Waals surface area (Å²) >= 11 is 6.06. The molecule has 2 atom stereocenters. The number of nitrogens with zero attached hydrogens (tertiary/aromatic N) is 2. The number of nitrogens with one attached hydrogen (secondary N) is 1. The molecule has 5 nitrogen and oxygen atoms in total. The van der Waals surface area contributed by atoms with E-state index in [4.69, 9.17) is 16.3 Å². The predicted octanol–water partition coefficient (Wildman–Crippen LogP) is 4.67. The smallest absolute Gasteiger partial charge is 0.225 e. The van der Waals surface area contributed by atoms with E-state index in [0.29, 0.717) is 12.0 Å². The molecular formula is C28H29ClFN3O2. The second-order valence-corrected chi connectivity index (χ2v) is 9.67. The van der Waals surface area contributed by atoms with Crippen LogP contribution in [0.15, 0.2) is 66.7 Å². The van der Waals surface area contributed by atoms with E-state index in [1.54, 1.807) is 25.3 Å². The number of fused-ring (bicyclic) bond motifs is 3. The number of rotatable bonds is 6. The van der Waals surface area contributed by atoms with E-state index >= 15 is 0 Å². The van der Waals surface area contributed by atoms with E-state index in [1.165, 1.54) is 11.6 Å². The van der Waals surface area contributed by atoms with E-state index in [9.17, 15) is 9.18 Å². The molecule has 182 valence electrons. The van der Waals surface area contributed by atoms with Crippen molar-refractivity contribution in [1.29, 1.82) is 0 Å². The maximum Gasteiger partial charge on any atom is 0.225 e. The average Bonchev–Trinajstić information content (AvgIpc) is 2.88. The zero-order valence-corrected chi connectivity index (χ0v) is 20.5. The third-order valence-corrected chi connectivity index (χ3v) is 7.33. The summed E-state index contributed by atoms with van der Waals surface area (Å²) in [6.45, 7) is 3.45. The van der Waals surface area contributed by atoms with Crippen LogP contribution in [0.4, 0.5) is 10.1 Å². The van der Waals surface area contributed by atoms with Gasteiger partial charge in [0.1, 0.15) is 11.6 Å². The summed E-state index contributed by atoms with van der Waals surface area (Å²) in [5, 5.41) is 3.73. The fraction of sp³-hybridized carbons (Fsp3) is 0.321. The first-order valence-electron chi connectivity index (χ1n) is 11.9. The van der Waals surface area contributed by atoms with Gasteiger partial charge in [0.15, 0.2) is 0 Å². The van der Waals surface area contributed by atoms with Crippen LogP contribution in [0.25, 0.3) is 0 Å². The normalized spacial score (nSPS) is 19.6. The highest BCUT2D eigenvalue weighted by Gasteiger charge is 2.41. The Morgan fingerprint density at radius 1 is 1.11 bits per heavy atom. The number of halogens is 2. The van der Waals surface area contributed by atoms with Crippen molar-refractivity contribution < 1.29 is 13.9 Å². The molecule has 2 aliphatic heterocycles. The number of amides is 1. The van der Waals surface area contributed by atoms with Crippen molar-refractivity contribution in [3.8, 4) is 5.75 Å². The van der Waals surface area contributed by atoms with Gasteiger partial charge in [0.25, 0.3) is 0 Å². The lowest BCUT2D eigenvalue weighted by molar-refractivity contribution is -0.126. The van der Waals surface area contributed by atoms with E-state index in [-0.39, 0.29) is 30.2 Å². The topological polar surface area (TPSA) is 44.8 Å². The molecule has 0 aromatic heterocycles. The highest BCUT2D eigenvalue weighted by atomic mass is 35.5. The number of ether oxygens (including phenoxy) is 1. The van der Waals surface area contributed by atoms with Crippen molar-refractivity contribution in [2.24, 2.45) is 5.92 Å². The lowest BCUT2D eigenvalue weighted by atomic mass is 9.83. The monoisotopic (exact) mass is 493 g/mol. The van der Waals surface area contributed by atoms with Gasteiger partial charge in [0, 0.05) is 55.1 Å². The molecule has 1 fully saturated rings. The van der Waals surface area contributed by atoms with Crippen LogP contribution < -0.4 is 15.0 Å². The summed E-state index contributed by atoms with van der Waals surface area (Å²) in [5.74, 6) is 0.226. The Morgan fingerprint density at radius 2 is 1.91 bits per heavy atom. The molecule has 0 saturated carbocycles. The van der Waals surface area contributed by atoms with Crippen LogP contribution >= 0.6 is 11.6 Å². The third kappa shape index (κ3) is 5.14. The molecule has 0 aliphatic carbocycles. The molecule has 1 amide bonds. The Labute approximate surface area is 210 Å². The van der Waals surface area contributed by atoms with Gasteiger partial charge in [-0.3, -0.25) is 9.69 Å². The lowest BCUT2D eigenvalue weighted by Crippen LogP contribution is -2.60. The van der Waals surface area contributed by atoms with Crippen LogP contribution in [0.3, 0.4) is 0 Å². The molecule has 0 bridgehead atoms. The molecule has 1 saturated heterocycles. The van der Waals surface area contributed by atoms with Crippen molar-refractivity contribution in [3.63, 3.8) is 0 Å². The first kappa shape index (κ1) is 23.6. The molecule has 7 heteroatoms. The molecule has 5 rings (SSSR count). The van der Waals surface area contributed by atoms with Crippen molar-refractivity contribution in [2.45, 2.75) is 25.6 Å². The first-order valence-corrected chi connectivity index (χ1v) is 12.3. The third-order valence-electron chi connectivity index (χ3n) is 7.08. The Balaban J connectivity index is 1.38. The number of piperazine rings is 1. The van der Waals surface area contributed by atoms with Gasteiger partial charge < -0.3 is 15.0 Å². The quantitative estimate of drug-likeness (QED) is 0.542. The number of anilines is 1. The van der Waals surface area contributed by atoms with Crippen LogP contribution in [0.1, 0.15) is 16.7 Å². The first-order chi connectivity index (χ1) is 17.0. The standard InChI is InChI=1S/C28H29ClFN3O2/c1-35-23-11-8-20-14-24(28(34)31-16-21-4-2-3-5-25(21)30)27-18-32(12-13-33(27)26(20)15-23)17-19-6-9-22(29)10-7-19/h2-11,15,24,27H,12-14,16-18H2,1H3,(H,31,34). The molecule has 2 heterocycles. The highest BCUT2D eigenvalue weighted by molar-refractivity contribution is 6.30. The maximum atomic E-state index is 14.1. The largest absolute Gasteiger partial charge is 0.497 e. The second kappa shape index (κ2) is 10.3. The van der Waals surface area contributed by atoms with Crippen molar-refractivity contribution >= 4 is 23.2 Å². The fourth-order valence-electron chi connectivity index (χ4n) is 5.21. The summed E-state index contributed by atoms with van der Waals surface area (Å²) < 4.78 is 19.6. The molecule has 2 aliphatic rings. The number of benzene rings is 3. The van der Waals surface area contributed by atoms with E-state index in [1.807, 2.05) is 30.3 Å². The molecule has 2 unspecified atom stereocenters. The van der Waals surface area contributed by atoms with Crippen LogP contribution in [-0.2, 0) is 24.3 Å². The molecule has 3 aromatic rings. The van der Waals surface area contributed by atoms with Crippen molar-refractivity contribution in [2.75, 3.05) is 31.6 Å². The number of carbonyl (C=O) groups excluding carboxylic acids is 1. The molecule has 0 spiro atoms. The Kier molecular flexibility index (Phi) is 6.93. The van der Waals surface area contributed by atoms with Crippen LogP contribution in [0, 0.1) is 11.7 Å². The zero-order chi connectivity index (χ0) is 24.4. The van der Waals surface area contributed by atoms with Gasteiger partial charge in [0.2, 0.25) is 5.91 Å². The van der Waals surface area contributed by atoms with Gasteiger partial charge in [-0.05, 0) is 41.8 Å². The SMILES string of the molecule is COc1ccc2c(c1)N1CCN(Cc3ccc(Cl)cc3)CC1C(C(=O)NCc1ccccc1F)C2. The lowest BCUT2D eigenvalue weighted by Gasteiger charge is -2.49. The van der Waals surface area contributed by atoms with Gasteiger partial charge in [-0.2, -0.15) is 0 Å². The summed E-state index contributed by atoms with van der Waals surface area (Å²) in [6, 6.07) is 20.6. The Hall–Kier alpha value is -3.09. The summed E-state index contributed by atoms with van der Waals surface area (Å²) in [6.07, 6.45) is 0.637. The average molecular weight is 494 g/mol. The fourth-order valence-corrected chi connectivity index (χ4v) is 5.34. The molecule has 1 N–H and O–H groups in total. The summed E-state index contributed by atoms with van der Waals surface area (Å²) in [4.78, 5) is 18.2. The van der Waals surface area contributed by atoms with Crippen LogP contribution in [0.2, 0.25) is 5.02 Å². The minimum Gasteiger partial charge on any atom is -0.497 e. The minimum atomic E-state index is -0.303. The van der Waals surface area contributed by atoms with Crippen LogP contribution in [-0.4, -0.2) is 43.6 Å². The second-order valence-electron chi connectivity index (χ2n) is 9.24. The van der Waals surface area contributed by atoms with E-state index < -0.39 is 0 Å². The number of hydrogen-bond donors (Lipinski definition) is 1. The van der Waals surface area contributed by atoms with E-state index in [0.717, 1.165) is 48.2 Å². The van der Waals surface area contributed by atoms with Crippen molar-refractivity contribution in [1.82, 2.24) is 10.2 Å². The van der Waals surface area contributed by atoms with Gasteiger partial charge in [-0.15, -0.1) is 0 Å². The minimum absolute atomic E-state index is 0.0104. The van der Waals surface area contributed by atoms with Gasteiger partial charge in [-0.1, -0.05) is 48.0 Å². The van der Waals surface area contributed by atoms with Gasteiger partial charge >= 0.3 is 0 Å². The number of methoxy groups -OCH3 is 1. The molecular weight excluding hydrogens is 465 g/mol. The number of carbonyl (C=O) groups is 1.